The van der Waals surface area contributed by atoms with Crippen LogP contribution in [0.2, 0.25) is 0 Å². The van der Waals surface area contributed by atoms with Gasteiger partial charge in [-0.1, -0.05) is 6.08 Å². The van der Waals surface area contributed by atoms with E-state index in [-0.39, 0.29) is 25.4 Å². The molecule has 1 rings (SSSR count). The smallest absolute Gasteiger partial charge is 0.322 e. The van der Waals surface area contributed by atoms with Gasteiger partial charge in [0.05, 0.1) is 6.61 Å². The Kier molecular flexibility index (Phi) is 5.26. The van der Waals surface area contributed by atoms with Gasteiger partial charge in [0.15, 0.2) is 11.6 Å². The molecule has 0 spiro atoms. The van der Waals surface area contributed by atoms with Gasteiger partial charge < -0.3 is 15.3 Å². The van der Waals surface area contributed by atoms with Crippen molar-refractivity contribution in [3.63, 3.8) is 0 Å². The Balaban J connectivity index is 2.72. The Labute approximate surface area is 104 Å². The number of carbonyl (C=O) groups excluding carboxylic acids is 1. The highest BCUT2D eigenvalue weighted by molar-refractivity contribution is 5.89. The minimum Gasteiger partial charge on any atom is -0.395 e. The summed E-state index contributed by atoms with van der Waals surface area (Å²) in [7, 11) is 0. The standard InChI is InChI=1S/C12H14F2N2O2/c1-2-5-16(6-7-17)12(18)15-9-3-4-10(13)11(14)8-9/h2-4,8,17H,1,5-7H2,(H,15,18). The summed E-state index contributed by atoms with van der Waals surface area (Å²) in [4.78, 5) is 13.0. The first-order chi connectivity index (χ1) is 8.58. The second-order valence-electron chi connectivity index (χ2n) is 3.52. The fourth-order valence-electron chi connectivity index (χ4n) is 1.33. The quantitative estimate of drug-likeness (QED) is 0.791. The number of aliphatic hydroxyl groups is 1. The molecular weight excluding hydrogens is 242 g/mol. The van der Waals surface area contributed by atoms with E-state index in [1.807, 2.05) is 0 Å². The Bertz CT molecular complexity index is 438. The molecular formula is C12H14F2N2O2. The highest BCUT2D eigenvalue weighted by Gasteiger charge is 2.12. The van der Waals surface area contributed by atoms with Crippen LogP contribution in [-0.2, 0) is 0 Å². The maximum absolute atomic E-state index is 12.9. The van der Waals surface area contributed by atoms with E-state index in [0.717, 1.165) is 12.1 Å². The zero-order valence-corrected chi connectivity index (χ0v) is 9.70. The molecule has 1 aromatic carbocycles. The Morgan fingerprint density at radius 2 is 2.17 bits per heavy atom. The summed E-state index contributed by atoms with van der Waals surface area (Å²) in [6.07, 6.45) is 1.50. The molecule has 0 aliphatic carbocycles. The molecule has 0 heterocycles. The lowest BCUT2D eigenvalue weighted by Crippen LogP contribution is -2.37. The number of carbonyl (C=O) groups is 1. The molecule has 0 saturated carbocycles. The van der Waals surface area contributed by atoms with Gasteiger partial charge in [0.2, 0.25) is 0 Å². The first-order valence-corrected chi connectivity index (χ1v) is 5.31. The summed E-state index contributed by atoms with van der Waals surface area (Å²) in [6, 6.07) is 2.55. The number of rotatable bonds is 5. The minimum atomic E-state index is -1.04. The van der Waals surface area contributed by atoms with Gasteiger partial charge in [-0.25, -0.2) is 13.6 Å². The Morgan fingerprint density at radius 1 is 1.44 bits per heavy atom. The van der Waals surface area contributed by atoms with Crippen LogP contribution in [0.3, 0.4) is 0 Å². The fraction of sp³-hybridized carbons (Fsp3) is 0.250. The summed E-state index contributed by atoms with van der Waals surface area (Å²) in [5.74, 6) is -2.02. The number of nitrogens with zero attached hydrogens (tertiary/aromatic N) is 1. The predicted octanol–water partition coefficient (Wildman–Crippen LogP) is 1.98. The fourth-order valence-corrected chi connectivity index (χ4v) is 1.33. The number of nitrogens with one attached hydrogen (secondary N) is 1. The summed E-state index contributed by atoms with van der Waals surface area (Å²) < 4.78 is 25.6. The van der Waals surface area contributed by atoms with Gasteiger partial charge in [-0.2, -0.15) is 0 Å². The molecule has 2 amide bonds. The molecule has 0 aliphatic rings. The molecule has 0 bridgehead atoms. The van der Waals surface area contributed by atoms with Crippen molar-refractivity contribution < 1.29 is 18.7 Å². The first kappa shape index (κ1) is 14.1. The predicted molar refractivity (Wildman–Crippen MR) is 64.2 cm³/mol. The Hall–Kier alpha value is -1.95. The largest absolute Gasteiger partial charge is 0.395 e. The number of anilines is 1. The van der Waals surface area contributed by atoms with Crippen LogP contribution in [0.1, 0.15) is 0 Å². The summed E-state index contributed by atoms with van der Waals surface area (Å²) in [6.45, 7) is 3.66. The van der Waals surface area contributed by atoms with E-state index >= 15 is 0 Å². The number of urea groups is 1. The number of hydrogen-bond acceptors (Lipinski definition) is 2. The van der Waals surface area contributed by atoms with Crippen molar-refractivity contribution in [3.8, 4) is 0 Å². The molecule has 6 heteroatoms. The van der Waals surface area contributed by atoms with Crippen LogP contribution in [0, 0.1) is 11.6 Å². The van der Waals surface area contributed by atoms with E-state index in [4.69, 9.17) is 5.11 Å². The molecule has 0 aliphatic heterocycles. The van der Waals surface area contributed by atoms with Crippen LogP contribution in [-0.4, -0.2) is 35.7 Å². The molecule has 0 unspecified atom stereocenters. The van der Waals surface area contributed by atoms with E-state index in [9.17, 15) is 13.6 Å². The third-order valence-electron chi connectivity index (χ3n) is 2.18. The third kappa shape index (κ3) is 3.81. The van der Waals surface area contributed by atoms with E-state index in [1.54, 1.807) is 0 Å². The molecule has 2 N–H and O–H groups in total. The van der Waals surface area contributed by atoms with E-state index in [1.165, 1.54) is 17.0 Å². The average Bonchev–Trinajstić information content (AvgIpc) is 2.33. The second-order valence-corrected chi connectivity index (χ2v) is 3.52. The van der Waals surface area contributed by atoms with E-state index in [0.29, 0.717) is 0 Å². The first-order valence-electron chi connectivity index (χ1n) is 5.31. The summed E-state index contributed by atoms with van der Waals surface area (Å²) >= 11 is 0. The maximum Gasteiger partial charge on any atom is 0.322 e. The average molecular weight is 256 g/mol. The van der Waals surface area contributed by atoms with Gasteiger partial charge in [-0.3, -0.25) is 0 Å². The molecule has 98 valence electrons. The third-order valence-corrected chi connectivity index (χ3v) is 2.18. The number of halogens is 2. The summed E-state index contributed by atoms with van der Waals surface area (Å²) in [5.41, 5.74) is 0.144. The number of benzene rings is 1. The molecule has 18 heavy (non-hydrogen) atoms. The lowest BCUT2D eigenvalue weighted by atomic mass is 10.3. The zero-order valence-electron chi connectivity index (χ0n) is 9.70. The highest BCUT2D eigenvalue weighted by Crippen LogP contribution is 2.13. The van der Waals surface area contributed by atoms with Gasteiger partial charge >= 0.3 is 6.03 Å². The van der Waals surface area contributed by atoms with Gasteiger partial charge in [0.25, 0.3) is 0 Å². The molecule has 1 aromatic rings. The van der Waals surface area contributed by atoms with Crippen molar-refractivity contribution in [1.82, 2.24) is 4.90 Å². The van der Waals surface area contributed by atoms with Gasteiger partial charge in [-0.05, 0) is 12.1 Å². The molecule has 0 saturated heterocycles. The van der Waals surface area contributed by atoms with Gasteiger partial charge in [-0.15, -0.1) is 6.58 Å². The number of hydrogen-bond donors (Lipinski definition) is 2. The normalized spacial score (nSPS) is 9.94. The van der Waals surface area contributed by atoms with Crippen molar-refractivity contribution >= 4 is 11.7 Å². The van der Waals surface area contributed by atoms with Gasteiger partial charge in [0.1, 0.15) is 0 Å². The van der Waals surface area contributed by atoms with Crippen LogP contribution in [0.4, 0.5) is 19.3 Å². The van der Waals surface area contributed by atoms with Crippen molar-refractivity contribution in [2.75, 3.05) is 25.0 Å². The zero-order chi connectivity index (χ0) is 13.5. The molecule has 4 nitrogen and oxygen atoms in total. The van der Waals surface area contributed by atoms with Crippen molar-refractivity contribution in [3.05, 3.63) is 42.5 Å². The monoisotopic (exact) mass is 256 g/mol. The van der Waals surface area contributed by atoms with Crippen LogP contribution in [0.15, 0.2) is 30.9 Å². The lowest BCUT2D eigenvalue weighted by molar-refractivity contribution is 0.195. The topological polar surface area (TPSA) is 52.6 Å². The lowest BCUT2D eigenvalue weighted by Gasteiger charge is -2.20. The van der Waals surface area contributed by atoms with Crippen LogP contribution in [0.5, 0.6) is 0 Å². The Morgan fingerprint density at radius 3 is 2.72 bits per heavy atom. The van der Waals surface area contributed by atoms with Crippen LogP contribution in [0.25, 0.3) is 0 Å². The van der Waals surface area contributed by atoms with E-state index < -0.39 is 17.7 Å². The van der Waals surface area contributed by atoms with Crippen molar-refractivity contribution in [2.24, 2.45) is 0 Å². The summed E-state index contributed by atoms with van der Waals surface area (Å²) in [5, 5.41) is 11.2. The minimum absolute atomic E-state index is 0.127. The molecule has 0 atom stereocenters. The van der Waals surface area contributed by atoms with Gasteiger partial charge in [0, 0.05) is 24.8 Å². The SMILES string of the molecule is C=CCN(CCO)C(=O)Nc1ccc(F)c(F)c1. The van der Waals surface area contributed by atoms with Crippen LogP contribution >= 0.6 is 0 Å². The van der Waals surface area contributed by atoms with E-state index in [2.05, 4.69) is 11.9 Å². The van der Waals surface area contributed by atoms with Crippen molar-refractivity contribution in [2.45, 2.75) is 0 Å². The second kappa shape index (κ2) is 6.70. The molecule has 0 aromatic heterocycles. The number of aliphatic hydroxyl groups excluding tert-OH is 1. The maximum atomic E-state index is 12.9. The molecule has 0 radical (unpaired) electrons. The van der Waals surface area contributed by atoms with Crippen LogP contribution < -0.4 is 5.32 Å². The molecule has 0 fully saturated rings. The highest BCUT2D eigenvalue weighted by atomic mass is 19.2. The number of amides is 2. The van der Waals surface area contributed by atoms with Crippen molar-refractivity contribution in [1.29, 1.82) is 0 Å².